The van der Waals surface area contributed by atoms with E-state index >= 15 is 0 Å². The molecule has 0 aliphatic heterocycles. The van der Waals surface area contributed by atoms with E-state index in [4.69, 9.17) is 5.73 Å². The van der Waals surface area contributed by atoms with Crippen LogP contribution in [0.5, 0.6) is 0 Å². The molecule has 2 heteroatoms. The van der Waals surface area contributed by atoms with E-state index < -0.39 is 0 Å². The van der Waals surface area contributed by atoms with Crippen LogP contribution in [0.4, 0.5) is 0 Å². The lowest BCUT2D eigenvalue weighted by molar-refractivity contribution is 0.0629. The molecular formula is C12H26N2. The zero-order chi connectivity index (χ0) is 10.6. The van der Waals surface area contributed by atoms with Gasteiger partial charge in [-0.05, 0) is 32.7 Å². The molecule has 0 bridgehead atoms. The molecule has 1 atom stereocenters. The Morgan fingerprint density at radius 2 is 1.86 bits per heavy atom. The third-order valence-corrected chi connectivity index (χ3v) is 3.99. The van der Waals surface area contributed by atoms with Crippen LogP contribution in [0, 0.1) is 0 Å². The molecule has 0 spiro atoms. The monoisotopic (exact) mass is 198 g/mol. The Morgan fingerprint density at radius 1 is 1.29 bits per heavy atom. The van der Waals surface area contributed by atoms with E-state index in [-0.39, 0.29) is 0 Å². The fraction of sp³-hybridized carbons (Fsp3) is 1.00. The van der Waals surface area contributed by atoms with Gasteiger partial charge in [0.2, 0.25) is 0 Å². The summed E-state index contributed by atoms with van der Waals surface area (Å²) in [5.74, 6) is 0. The minimum absolute atomic E-state index is 0.337. The van der Waals surface area contributed by atoms with E-state index in [1.807, 2.05) is 0 Å². The maximum atomic E-state index is 6.00. The van der Waals surface area contributed by atoms with Crippen molar-refractivity contribution in [2.24, 2.45) is 5.73 Å². The van der Waals surface area contributed by atoms with E-state index in [1.54, 1.807) is 0 Å². The summed E-state index contributed by atoms with van der Waals surface area (Å²) < 4.78 is 0. The van der Waals surface area contributed by atoms with Crippen molar-refractivity contribution in [1.29, 1.82) is 0 Å². The van der Waals surface area contributed by atoms with Crippen molar-refractivity contribution in [3.63, 3.8) is 0 Å². The first kappa shape index (κ1) is 12.0. The Kier molecular flexibility index (Phi) is 4.39. The molecule has 1 unspecified atom stereocenters. The van der Waals surface area contributed by atoms with Crippen LogP contribution in [0.15, 0.2) is 0 Å². The van der Waals surface area contributed by atoms with Gasteiger partial charge in [0.05, 0.1) is 0 Å². The van der Waals surface area contributed by atoms with Crippen LogP contribution in [0.3, 0.4) is 0 Å². The highest BCUT2D eigenvalue weighted by atomic mass is 15.2. The summed E-state index contributed by atoms with van der Waals surface area (Å²) in [7, 11) is 0. The molecule has 0 aromatic rings. The van der Waals surface area contributed by atoms with Crippen LogP contribution < -0.4 is 5.73 Å². The lowest BCUT2D eigenvalue weighted by Crippen LogP contribution is -2.55. The average molecular weight is 198 g/mol. The molecule has 14 heavy (non-hydrogen) atoms. The number of likely N-dealkylation sites (N-methyl/N-ethyl adjacent to an activating group) is 1. The van der Waals surface area contributed by atoms with Gasteiger partial charge in [-0.25, -0.2) is 0 Å². The first-order valence-electron chi connectivity index (χ1n) is 6.17. The largest absolute Gasteiger partial charge is 0.329 e. The quantitative estimate of drug-likeness (QED) is 0.735. The maximum Gasteiger partial charge on any atom is 0.0334 e. The minimum atomic E-state index is 0.337. The van der Waals surface area contributed by atoms with Gasteiger partial charge < -0.3 is 5.73 Å². The van der Waals surface area contributed by atoms with Crippen LogP contribution in [0.2, 0.25) is 0 Å². The highest BCUT2D eigenvalue weighted by molar-refractivity contribution is 4.97. The fourth-order valence-electron chi connectivity index (χ4n) is 2.98. The van der Waals surface area contributed by atoms with E-state index in [1.165, 1.54) is 32.1 Å². The molecule has 0 heterocycles. The molecule has 0 aromatic carbocycles. The maximum absolute atomic E-state index is 6.00. The number of hydrogen-bond donors (Lipinski definition) is 1. The average Bonchev–Trinajstić information content (AvgIpc) is 2.68. The predicted molar refractivity (Wildman–Crippen MR) is 62.4 cm³/mol. The molecule has 0 saturated heterocycles. The van der Waals surface area contributed by atoms with E-state index in [0.29, 0.717) is 11.6 Å². The van der Waals surface area contributed by atoms with Gasteiger partial charge in [-0.15, -0.1) is 0 Å². The third kappa shape index (κ3) is 2.12. The number of hydrogen-bond acceptors (Lipinski definition) is 2. The number of nitrogens with two attached hydrogens (primary N) is 1. The standard InChI is InChI=1S/C12H26N2/c1-4-11(3)14(5-2)12(10-13)8-6-7-9-12/h11H,4-10,13H2,1-3H3. The molecule has 0 amide bonds. The second-order valence-corrected chi connectivity index (χ2v) is 4.68. The van der Waals surface area contributed by atoms with Crippen molar-refractivity contribution in [3.05, 3.63) is 0 Å². The molecule has 1 fully saturated rings. The van der Waals surface area contributed by atoms with E-state index in [2.05, 4.69) is 25.7 Å². The van der Waals surface area contributed by atoms with Crippen molar-refractivity contribution in [1.82, 2.24) is 4.90 Å². The van der Waals surface area contributed by atoms with Gasteiger partial charge in [0, 0.05) is 18.1 Å². The molecule has 1 rings (SSSR count). The van der Waals surface area contributed by atoms with Crippen LogP contribution in [-0.2, 0) is 0 Å². The van der Waals surface area contributed by atoms with Crippen LogP contribution in [0.1, 0.15) is 52.9 Å². The van der Waals surface area contributed by atoms with Gasteiger partial charge in [-0.2, -0.15) is 0 Å². The zero-order valence-electron chi connectivity index (χ0n) is 10.1. The Hall–Kier alpha value is -0.0800. The Labute approximate surface area is 88.8 Å². The van der Waals surface area contributed by atoms with Gasteiger partial charge >= 0.3 is 0 Å². The predicted octanol–water partition coefficient (Wildman–Crippen LogP) is 2.38. The van der Waals surface area contributed by atoms with Crippen molar-refractivity contribution in [2.45, 2.75) is 64.5 Å². The van der Waals surface area contributed by atoms with Gasteiger partial charge in [0.1, 0.15) is 0 Å². The summed E-state index contributed by atoms with van der Waals surface area (Å²) in [6.45, 7) is 8.85. The normalized spacial score (nSPS) is 22.9. The van der Waals surface area contributed by atoms with Crippen LogP contribution in [-0.4, -0.2) is 29.6 Å². The first-order valence-corrected chi connectivity index (χ1v) is 6.17. The molecule has 1 aliphatic carbocycles. The highest BCUT2D eigenvalue weighted by Gasteiger charge is 2.39. The highest BCUT2D eigenvalue weighted by Crippen LogP contribution is 2.35. The summed E-state index contributed by atoms with van der Waals surface area (Å²) in [4.78, 5) is 2.64. The Balaban J connectivity index is 2.73. The molecule has 84 valence electrons. The molecule has 2 N–H and O–H groups in total. The van der Waals surface area contributed by atoms with Gasteiger partial charge in [0.25, 0.3) is 0 Å². The minimum Gasteiger partial charge on any atom is -0.329 e. The summed E-state index contributed by atoms with van der Waals surface area (Å²) in [5, 5.41) is 0. The topological polar surface area (TPSA) is 29.3 Å². The molecule has 2 nitrogen and oxygen atoms in total. The van der Waals surface area contributed by atoms with Gasteiger partial charge in [0.15, 0.2) is 0 Å². The lowest BCUT2D eigenvalue weighted by atomic mass is 9.93. The van der Waals surface area contributed by atoms with Gasteiger partial charge in [-0.3, -0.25) is 4.90 Å². The second-order valence-electron chi connectivity index (χ2n) is 4.68. The second kappa shape index (κ2) is 5.13. The summed E-state index contributed by atoms with van der Waals surface area (Å²) >= 11 is 0. The van der Waals surface area contributed by atoms with Gasteiger partial charge in [-0.1, -0.05) is 26.7 Å². The zero-order valence-corrected chi connectivity index (χ0v) is 10.1. The summed E-state index contributed by atoms with van der Waals surface area (Å²) in [6.07, 6.45) is 6.58. The molecule has 1 aliphatic rings. The van der Waals surface area contributed by atoms with E-state index in [0.717, 1.165) is 13.1 Å². The van der Waals surface area contributed by atoms with Crippen LogP contribution >= 0.6 is 0 Å². The molecular weight excluding hydrogens is 172 g/mol. The SMILES string of the molecule is CCC(C)N(CC)C1(CN)CCCC1. The third-order valence-electron chi connectivity index (χ3n) is 3.99. The Bertz CT molecular complexity index is 162. The smallest absolute Gasteiger partial charge is 0.0334 e. The lowest BCUT2D eigenvalue weighted by Gasteiger charge is -2.43. The van der Waals surface area contributed by atoms with Crippen molar-refractivity contribution >= 4 is 0 Å². The first-order chi connectivity index (χ1) is 6.70. The summed E-state index contributed by atoms with van der Waals surface area (Å²) in [5.41, 5.74) is 6.33. The van der Waals surface area contributed by atoms with Crippen molar-refractivity contribution in [3.8, 4) is 0 Å². The molecule has 0 aromatic heterocycles. The van der Waals surface area contributed by atoms with Crippen molar-refractivity contribution in [2.75, 3.05) is 13.1 Å². The Morgan fingerprint density at radius 3 is 2.21 bits per heavy atom. The number of nitrogens with zero attached hydrogens (tertiary/aromatic N) is 1. The summed E-state index contributed by atoms with van der Waals surface area (Å²) in [6, 6.07) is 0.682. The fourth-order valence-corrected chi connectivity index (χ4v) is 2.98. The van der Waals surface area contributed by atoms with Crippen LogP contribution in [0.25, 0.3) is 0 Å². The van der Waals surface area contributed by atoms with E-state index in [9.17, 15) is 0 Å². The molecule has 1 saturated carbocycles. The molecule has 0 radical (unpaired) electrons. The van der Waals surface area contributed by atoms with Crippen molar-refractivity contribution < 1.29 is 0 Å². The number of rotatable bonds is 5.